The molecule has 0 N–H and O–H groups in total. The minimum atomic E-state index is -0.492. The predicted molar refractivity (Wildman–Crippen MR) is 156 cm³/mol. The topological polar surface area (TPSA) is 44.8 Å². The maximum atomic E-state index is 12.8. The first-order valence-corrected chi connectivity index (χ1v) is 14.7. The Morgan fingerprint density at radius 2 is 1.39 bits per heavy atom. The standard InChI is InChI=1S/C26H42O4.3C2H6/c1-7-26(6,19-25(3,4)5)24(27)30-23-15-13-22(14-16-23)29-20(2)28-18-17-21-11-9-8-10-12-21;3*1-2/h13-16,20-21H,7-12,17-19H2,1-6H3;3*1-2H3. The molecule has 1 fully saturated rings. The number of benzene rings is 1. The minimum absolute atomic E-state index is 0.0641. The molecule has 212 valence electrons. The molecule has 36 heavy (non-hydrogen) atoms. The summed E-state index contributed by atoms with van der Waals surface area (Å²) in [5.41, 5.74) is -0.428. The minimum Gasteiger partial charge on any atom is -0.465 e. The highest BCUT2D eigenvalue weighted by molar-refractivity contribution is 5.78. The van der Waals surface area contributed by atoms with Gasteiger partial charge >= 0.3 is 5.97 Å². The van der Waals surface area contributed by atoms with Crippen molar-refractivity contribution in [3.05, 3.63) is 24.3 Å². The molecule has 0 aliphatic heterocycles. The maximum absolute atomic E-state index is 12.8. The van der Waals surface area contributed by atoms with Gasteiger partial charge in [-0.2, -0.15) is 0 Å². The number of carbonyl (C=O) groups excluding carboxylic acids is 1. The zero-order valence-corrected chi connectivity index (χ0v) is 26.0. The molecular weight excluding hydrogens is 448 g/mol. The molecule has 4 nitrogen and oxygen atoms in total. The van der Waals surface area contributed by atoms with E-state index in [4.69, 9.17) is 14.2 Å². The molecule has 1 aliphatic rings. The molecule has 1 saturated carbocycles. The molecule has 0 aromatic heterocycles. The number of hydrogen-bond donors (Lipinski definition) is 0. The van der Waals surface area contributed by atoms with Gasteiger partial charge in [0.15, 0.2) is 6.29 Å². The van der Waals surface area contributed by atoms with E-state index in [1.165, 1.54) is 32.1 Å². The second kappa shape index (κ2) is 20.5. The first kappa shape index (κ1) is 36.6. The van der Waals surface area contributed by atoms with Crippen molar-refractivity contribution >= 4 is 5.97 Å². The van der Waals surface area contributed by atoms with Crippen LogP contribution in [0.3, 0.4) is 0 Å². The Bertz CT molecular complexity index is 641. The molecule has 0 spiro atoms. The van der Waals surface area contributed by atoms with E-state index in [1.54, 1.807) is 12.1 Å². The van der Waals surface area contributed by atoms with Gasteiger partial charge in [0.2, 0.25) is 0 Å². The van der Waals surface area contributed by atoms with Gasteiger partial charge in [0, 0.05) is 0 Å². The summed E-state index contributed by atoms with van der Waals surface area (Å²) in [6, 6.07) is 7.23. The van der Waals surface area contributed by atoms with Crippen LogP contribution in [0.5, 0.6) is 11.5 Å². The smallest absolute Gasteiger partial charge is 0.317 e. The van der Waals surface area contributed by atoms with Gasteiger partial charge in [0.05, 0.1) is 12.0 Å². The summed E-state index contributed by atoms with van der Waals surface area (Å²) in [7, 11) is 0. The Morgan fingerprint density at radius 1 is 0.889 bits per heavy atom. The van der Waals surface area contributed by atoms with E-state index in [9.17, 15) is 4.79 Å². The molecule has 0 bridgehead atoms. The molecule has 0 amide bonds. The van der Waals surface area contributed by atoms with E-state index in [-0.39, 0.29) is 17.7 Å². The van der Waals surface area contributed by atoms with Crippen LogP contribution in [0.15, 0.2) is 24.3 Å². The van der Waals surface area contributed by atoms with Crippen LogP contribution in [0.2, 0.25) is 0 Å². The van der Waals surface area contributed by atoms with Crippen molar-refractivity contribution in [2.45, 2.75) is 141 Å². The lowest BCUT2D eigenvalue weighted by Crippen LogP contribution is -2.35. The molecule has 1 aromatic carbocycles. The Kier molecular flexibility index (Phi) is 20.8. The largest absolute Gasteiger partial charge is 0.465 e. The van der Waals surface area contributed by atoms with Gasteiger partial charge in [-0.15, -0.1) is 0 Å². The lowest BCUT2D eigenvalue weighted by molar-refractivity contribution is -0.147. The Hall–Kier alpha value is -1.55. The van der Waals surface area contributed by atoms with E-state index in [0.29, 0.717) is 11.5 Å². The van der Waals surface area contributed by atoms with Crippen LogP contribution in [0.1, 0.15) is 134 Å². The average molecular weight is 509 g/mol. The van der Waals surface area contributed by atoms with Crippen LogP contribution in [0, 0.1) is 16.7 Å². The number of hydrogen-bond acceptors (Lipinski definition) is 4. The Morgan fingerprint density at radius 3 is 1.86 bits per heavy atom. The number of rotatable bonds is 10. The van der Waals surface area contributed by atoms with Crippen LogP contribution >= 0.6 is 0 Å². The van der Waals surface area contributed by atoms with Gasteiger partial charge in [-0.3, -0.25) is 4.79 Å². The van der Waals surface area contributed by atoms with Gasteiger partial charge in [-0.1, -0.05) is 101 Å². The zero-order chi connectivity index (χ0) is 28.2. The van der Waals surface area contributed by atoms with E-state index in [0.717, 1.165) is 31.8 Å². The van der Waals surface area contributed by atoms with Gasteiger partial charge in [0.1, 0.15) is 11.5 Å². The normalized spacial score (nSPS) is 15.9. The molecule has 1 aromatic rings. The van der Waals surface area contributed by atoms with E-state index < -0.39 is 5.41 Å². The van der Waals surface area contributed by atoms with Crippen molar-refractivity contribution < 1.29 is 19.0 Å². The zero-order valence-electron chi connectivity index (χ0n) is 26.0. The monoisotopic (exact) mass is 508 g/mol. The summed E-state index contributed by atoms with van der Waals surface area (Å²) in [5, 5.41) is 0. The summed E-state index contributed by atoms with van der Waals surface area (Å²) in [5.74, 6) is 1.90. The van der Waals surface area contributed by atoms with Crippen LogP contribution in [0.4, 0.5) is 0 Å². The van der Waals surface area contributed by atoms with Crippen LogP contribution in [0.25, 0.3) is 0 Å². The van der Waals surface area contributed by atoms with Crippen molar-refractivity contribution in [1.82, 2.24) is 0 Å². The van der Waals surface area contributed by atoms with E-state index >= 15 is 0 Å². The average Bonchev–Trinajstić information content (AvgIpc) is 2.88. The predicted octanol–water partition coefficient (Wildman–Crippen LogP) is 10.2. The third-order valence-electron chi connectivity index (χ3n) is 6.13. The van der Waals surface area contributed by atoms with Crippen molar-refractivity contribution in [2.24, 2.45) is 16.7 Å². The first-order valence-electron chi connectivity index (χ1n) is 14.7. The van der Waals surface area contributed by atoms with Crippen molar-refractivity contribution in [1.29, 1.82) is 0 Å². The fourth-order valence-electron chi connectivity index (χ4n) is 4.43. The van der Waals surface area contributed by atoms with E-state index in [1.807, 2.05) is 74.4 Å². The van der Waals surface area contributed by atoms with Crippen LogP contribution in [-0.2, 0) is 9.53 Å². The van der Waals surface area contributed by atoms with Gasteiger partial charge in [-0.25, -0.2) is 0 Å². The third-order valence-corrected chi connectivity index (χ3v) is 6.13. The van der Waals surface area contributed by atoms with Crippen LogP contribution < -0.4 is 9.47 Å². The Balaban J connectivity index is 0. The molecule has 4 heteroatoms. The maximum Gasteiger partial charge on any atom is 0.317 e. The van der Waals surface area contributed by atoms with Crippen LogP contribution in [-0.4, -0.2) is 18.9 Å². The number of ether oxygens (including phenoxy) is 3. The summed E-state index contributed by atoms with van der Waals surface area (Å²) in [4.78, 5) is 12.8. The highest BCUT2D eigenvalue weighted by atomic mass is 16.7. The van der Waals surface area contributed by atoms with Gasteiger partial charge in [-0.05, 0) is 68.7 Å². The molecule has 0 radical (unpaired) electrons. The lowest BCUT2D eigenvalue weighted by Gasteiger charge is -2.32. The molecule has 0 heterocycles. The molecule has 2 atom stereocenters. The number of esters is 1. The highest BCUT2D eigenvalue weighted by Gasteiger charge is 2.37. The van der Waals surface area contributed by atoms with Crippen molar-refractivity contribution in [2.75, 3.05) is 6.61 Å². The second-order valence-corrected chi connectivity index (χ2v) is 10.4. The fourth-order valence-corrected chi connectivity index (χ4v) is 4.43. The second-order valence-electron chi connectivity index (χ2n) is 10.4. The fraction of sp³-hybridized carbons (Fsp3) is 0.781. The van der Waals surface area contributed by atoms with Crippen molar-refractivity contribution in [3.63, 3.8) is 0 Å². The van der Waals surface area contributed by atoms with E-state index in [2.05, 4.69) is 20.8 Å². The summed E-state index contributed by atoms with van der Waals surface area (Å²) >= 11 is 0. The summed E-state index contributed by atoms with van der Waals surface area (Å²) in [6.07, 6.45) is 9.15. The summed E-state index contributed by atoms with van der Waals surface area (Å²) < 4.78 is 17.4. The quantitative estimate of drug-likeness (QED) is 0.179. The summed E-state index contributed by atoms with van der Waals surface area (Å²) in [6.45, 7) is 25.2. The molecule has 2 unspecified atom stereocenters. The van der Waals surface area contributed by atoms with Crippen molar-refractivity contribution in [3.8, 4) is 11.5 Å². The van der Waals surface area contributed by atoms with Gasteiger partial charge < -0.3 is 14.2 Å². The molecule has 1 aliphatic carbocycles. The third kappa shape index (κ3) is 15.5. The molecule has 2 rings (SSSR count). The number of carbonyl (C=O) groups is 1. The highest BCUT2D eigenvalue weighted by Crippen LogP contribution is 2.37. The van der Waals surface area contributed by atoms with Gasteiger partial charge in [0.25, 0.3) is 0 Å². The first-order chi connectivity index (χ1) is 17.1. The SMILES string of the molecule is CC.CC.CC.CCC(C)(CC(C)(C)C)C(=O)Oc1ccc(OC(C)OCCC2CCCCC2)cc1. The lowest BCUT2D eigenvalue weighted by atomic mass is 9.73. The Labute approximate surface area is 224 Å². The molecular formula is C32H60O4. The molecule has 0 saturated heterocycles.